The average molecular weight is 232 g/mol. The van der Waals surface area contributed by atoms with Crippen molar-refractivity contribution in [2.45, 2.75) is 6.04 Å². The number of amides is 1. The highest BCUT2D eigenvalue weighted by atomic mass is 16.3. The minimum Gasteiger partial charge on any atom is -0.459 e. The van der Waals surface area contributed by atoms with E-state index in [0.717, 1.165) is 13.1 Å². The van der Waals surface area contributed by atoms with E-state index in [1.54, 1.807) is 24.4 Å². The molecule has 0 aliphatic carbocycles. The van der Waals surface area contributed by atoms with Gasteiger partial charge in [0, 0.05) is 19.2 Å². The molecule has 0 aromatic carbocycles. The number of nitrogens with zero attached hydrogens (tertiary/aromatic N) is 2. The van der Waals surface area contributed by atoms with E-state index >= 15 is 0 Å². The van der Waals surface area contributed by atoms with Gasteiger partial charge in [0.25, 0.3) is 5.91 Å². The quantitative estimate of drug-likeness (QED) is 0.823. The summed E-state index contributed by atoms with van der Waals surface area (Å²) in [5.41, 5.74) is 0. The molecule has 6 heteroatoms. The molecule has 17 heavy (non-hydrogen) atoms. The van der Waals surface area contributed by atoms with E-state index in [1.807, 2.05) is 4.68 Å². The Morgan fingerprint density at radius 1 is 1.53 bits per heavy atom. The third-order valence-corrected chi connectivity index (χ3v) is 2.76. The smallest absolute Gasteiger partial charge is 0.292 e. The van der Waals surface area contributed by atoms with Crippen molar-refractivity contribution in [3.05, 3.63) is 36.4 Å². The lowest BCUT2D eigenvalue weighted by molar-refractivity contribution is 0.0995. The van der Waals surface area contributed by atoms with Gasteiger partial charge in [0.05, 0.1) is 18.5 Å². The van der Waals surface area contributed by atoms with Gasteiger partial charge in [-0.25, -0.2) is 4.68 Å². The highest BCUT2D eigenvalue weighted by Crippen LogP contribution is 2.18. The number of aromatic nitrogens is 2. The SMILES string of the molecule is O=C(Nc1ccnn1C1CNC1)c1ccco1. The van der Waals surface area contributed by atoms with Crippen LogP contribution >= 0.6 is 0 Å². The standard InChI is InChI=1S/C11H12N4O2/c16-11(9-2-1-5-17-9)14-10-3-4-13-15(10)8-6-12-7-8/h1-5,8,12H,6-7H2,(H,14,16). The molecule has 1 saturated heterocycles. The molecular weight excluding hydrogens is 220 g/mol. The van der Waals surface area contributed by atoms with E-state index in [2.05, 4.69) is 15.7 Å². The van der Waals surface area contributed by atoms with Crippen LogP contribution in [0.15, 0.2) is 35.1 Å². The summed E-state index contributed by atoms with van der Waals surface area (Å²) in [4.78, 5) is 11.8. The molecule has 2 N–H and O–H groups in total. The molecule has 0 bridgehead atoms. The molecule has 1 aliphatic heterocycles. The average Bonchev–Trinajstić information content (AvgIpc) is 2.86. The zero-order valence-electron chi connectivity index (χ0n) is 9.09. The fourth-order valence-electron chi connectivity index (χ4n) is 1.74. The normalized spacial score (nSPS) is 15.5. The first-order chi connectivity index (χ1) is 8.34. The lowest BCUT2D eigenvalue weighted by atomic mass is 10.2. The minimum absolute atomic E-state index is 0.260. The number of hydrogen-bond donors (Lipinski definition) is 2. The molecule has 2 aromatic rings. The monoisotopic (exact) mass is 232 g/mol. The van der Waals surface area contributed by atoms with Crippen LogP contribution in [0.25, 0.3) is 0 Å². The molecule has 0 unspecified atom stereocenters. The summed E-state index contributed by atoms with van der Waals surface area (Å²) < 4.78 is 6.85. The van der Waals surface area contributed by atoms with E-state index in [1.165, 1.54) is 6.26 Å². The van der Waals surface area contributed by atoms with Gasteiger partial charge in [0.15, 0.2) is 5.76 Å². The van der Waals surface area contributed by atoms with E-state index in [0.29, 0.717) is 17.6 Å². The summed E-state index contributed by atoms with van der Waals surface area (Å²) in [6.07, 6.45) is 3.15. The van der Waals surface area contributed by atoms with Crippen molar-refractivity contribution >= 4 is 11.7 Å². The van der Waals surface area contributed by atoms with Crippen molar-refractivity contribution in [2.75, 3.05) is 18.4 Å². The van der Waals surface area contributed by atoms with Gasteiger partial charge in [0.1, 0.15) is 5.82 Å². The van der Waals surface area contributed by atoms with E-state index in [4.69, 9.17) is 4.42 Å². The molecule has 0 radical (unpaired) electrons. The first kappa shape index (κ1) is 10.1. The van der Waals surface area contributed by atoms with Gasteiger partial charge in [0.2, 0.25) is 0 Å². The zero-order chi connectivity index (χ0) is 11.7. The van der Waals surface area contributed by atoms with Crippen molar-refractivity contribution in [3.8, 4) is 0 Å². The number of anilines is 1. The maximum absolute atomic E-state index is 11.8. The molecule has 3 heterocycles. The first-order valence-corrected chi connectivity index (χ1v) is 5.43. The van der Waals surface area contributed by atoms with E-state index < -0.39 is 0 Å². The second-order valence-corrected chi connectivity index (χ2v) is 3.90. The summed E-state index contributed by atoms with van der Waals surface area (Å²) in [5, 5.41) is 10.2. The van der Waals surface area contributed by atoms with Crippen molar-refractivity contribution in [1.29, 1.82) is 0 Å². The Bertz CT molecular complexity index is 513. The predicted molar refractivity (Wildman–Crippen MR) is 60.8 cm³/mol. The number of nitrogens with one attached hydrogen (secondary N) is 2. The molecule has 1 fully saturated rings. The Labute approximate surface area is 97.6 Å². The van der Waals surface area contributed by atoms with Crippen molar-refractivity contribution in [2.24, 2.45) is 0 Å². The highest BCUT2D eigenvalue weighted by molar-refractivity contribution is 6.01. The molecule has 0 saturated carbocycles. The van der Waals surface area contributed by atoms with Crippen molar-refractivity contribution in [1.82, 2.24) is 15.1 Å². The summed E-state index contributed by atoms with van der Waals surface area (Å²) in [6.45, 7) is 1.76. The van der Waals surface area contributed by atoms with Crippen LogP contribution in [0.4, 0.5) is 5.82 Å². The third-order valence-electron chi connectivity index (χ3n) is 2.76. The Morgan fingerprint density at radius 2 is 2.41 bits per heavy atom. The van der Waals surface area contributed by atoms with Gasteiger partial charge in [-0.1, -0.05) is 0 Å². The molecule has 88 valence electrons. The predicted octanol–water partition coefficient (Wildman–Crippen LogP) is 0.873. The Kier molecular flexibility index (Phi) is 2.41. The van der Waals surface area contributed by atoms with E-state index in [-0.39, 0.29) is 5.91 Å². The lowest BCUT2D eigenvalue weighted by Crippen LogP contribution is -2.44. The summed E-state index contributed by atoms with van der Waals surface area (Å²) in [6, 6.07) is 5.40. The van der Waals surface area contributed by atoms with Gasteiger partial charge < -0.3 is 15.1 Å². The molecule has 3 rings (SSSR count). The van der Waals surface area contributed by atoms with Crippen LogP contribution in [0, 0.1) is 0 Å². The van der Waals surface area contributed by atoms with Crippen LogP contribution in [-0.4, -0.2) is 28.8 Å². The second-order valence-electron chi connectivity index (χ2n) is 3.90. The Hall–Kier alpha value is -2.08. The summed E-state index contributed by atoms with van der Waals surface area (Å²) in [7, 11) is 0. The number of rotatable bonds is 3. The zero-order valence-corrected chi connectivity index (χ0v) is 9.09. The molecule has 1 aliphatic rings. The van der Waals surface area contributed by atoms with Crippen LogP contribution in [0.1, 0.15) is 16.6 Å². The fourth-order valence-corrected chi connectivity index (χ4v) is 1.74. The largest absolute Gasteiger partial charge is 0.459 e. The Balaban J connectivity index is 1.76. The maximum Gasteiger partial charge on any atom is 0.292 e. The molecule has 2 aromatic heterocycles. The number of carbonyl (C=O) groups excluding carboxylic acids is 1. The van der Waals surface area contributed by atoms with Gasteiger partial charge in [-0.15, -0.1) is 0 Å². The minimum atomic E-state index is -0.260. The molecular formula is C11H12N4O2. The van der Waals surface area contributed by atoms with Gasteiger partial charge in [-0.3, -0.25) is 4.79 Å². The van der Waals surface area contributed by atoms with Crippen molar-refractivity contribution < 1.29 is 9.21 Å². The molecule has 0 spiro atoms. The number of furan rings is 1. The van der Waals surface area contributed by atoms with Gasteiger partial charge >= 0.3 is 0 Å². The fraction of sp³-hybridized carbons (Fsp3) is 0.273. The van der Waals surface area contributed by atoms with Crippen LogP contribution in [0.5, 0.6) is 0 Å². The van der Waals surface area contributed by atoms with E-state index in [9.17, 15) is 4.79 Å². The van der Waals surface area contributed by atoms with Gasteiger partial charge in [-0.2, -0.15) is 5.10 Å². The molecule has 1 amide bonds. The first-order valence-electron chi connectivity index (χ1n) is 5.43. The molecule has 0 atom stereocenters. The van der Waals surface area contributed by atoms with Crippen LogP contribution in [-0.2, 0) is 0 Å². The summed E-state index contributed by atoms with van der Waals surface area (Å²) in [5.74, 6) is 0.728. The lowest BCUT2D eigenvalue weighted by Gasteiger charge is -2.28. The number of carbonyl (C=O) groups is 1. The molecule has 6 nitrogen and oxygen atoms in total. The number of hydrogen-bond acceptors (Lipinski definition) is 4. The van der Waals surface area contributed by atoms with Crippen LogP contribution < -0.4 is 10.6 Å². The topological polar surface area (TPSA) is 72.1 Å². The maximum atomic E-state index is 11.8. The highest BCUT2D eigenvalue weighted by Gasteiger charge is 2.22. The van der Waals surface area contributed by atoms with Crippen LogP contribution in [0.3, 0.4) is 0 Å². The summed E-state index contributed by atoms with van der Waals surface area (Å²) >= 11 is 0. The van der Waals surface area contributed by atoms with Crippen molar-refractivity contribution in [3.63, 3.8) is 0 Å². The third kappa shape index (κ3) is 1.83. The van der Waals surface area contributed by atoms with Crippen LogP contribution in [0.2, 0.25) is 0 Å². The Morgan fingerprint density at radius 3 is 3.06 bits per heavy atom. The second kappa shape index (κ2) is 4.06. The van der Waals surface area contributed by atoms with Gasteiger partial charge in [-0.05, 0) is 12.1 Å².